The van der Waals surface area contributed by atoms with E-state index in [0.29, 0.717) is 6.61 Å². The molecule has 2 atom stereocenters. The molecule has 1 aromatic carbocycles. The fourth-order valence-corrected chi connectivity index (χ4v) is 2.16. The summed E-state index contributed by atoms with van der Waals surface area (Å²) in [5.74, 6) is -0.0614. The highest BCUT2D eigenvalue weighted by Crippen LogP contribution is 2.27. The molecule has 1 fully saturated rings. The monoisotopic (exact) mass is 283 g/mol. The minimum atomic E-state index is -0.437. The molecule has 16 heavy (non-hydrogen) atoms. The molecule has 86 valence electrons. The molecule has 1 heterocycles. The molecule has 1 aliphatic rings. The number of morpholine rings is 1. The lowest BCUT2D eigenvalue weighted by molar-refractivity contribution is -0.143. The molecule has 0 aromatic heterocycles. The van der Waals surface area contributed by atoms with Gasteiger partial charge in [0, 0.05) is 4.47 Å². The van der Waals surface area contributed by atoms with Gasteiger partial charge < -0.3 is 10.1 Å². The Morgan fingerprint density at radius 2 is 2.31 bits per heavy atom. The Hall–Kier alpha value is -0.870. The Morgan fingerprint density at radius 3 is 2.94 bits per heavy atom. The Labute approximate surface area is 103 Å². The molecule has 4 heteroatoms. The maximum atomic E-state index is 11.6. The Kier molecular flexibility index (Phi) is 3.04. The maximum Gasteiger partial charge on any atom is 0.249 e. The molecule has 1 aromatic rings. The van der Waals surface area contributed by atoms with Gasteiger partial charge in [-0.2, -0.15) is 0 Å². The third kappa shape index (κ3) is 2.13. The molecule has 1 aliphatic heterocycles. The van der Waals surface area contributed by atoms with Crippen LogP contribution in [0.3, 0.4) is 0 Å². The molecular formula is C12H14BrNO2. The first-order valence-electron chi connectivity index (χ1n) is 5.21. The Bertz CT molecular complexity index is 421. The molecule has 2 rings (SSSR count). The van der Waals surface area contributed by atoms with Gasteiger partial charge in [-0.25, -0.2) is 0 Å². The molecule has 0 spiro atoms. The number of benzene rings is 1. The number of nitrogens with one attached hydrogen (secondary N) is 1. The fraction of sp³-hybridized carbons (Fsp3) is 0.417. The van der Waals surface area contributed by atoms with E-state index in [1.807, 2.05) is 31.2 Å². The van der Waals surface area contributed by atoms with Gasteiger partial charge in [0.25, 0.3) is 0 Å². The van der Waals surface area contributed by atoms with Gasteiger partial charge in [0.2, 0.25) is 5.91 Å². The van der Waals surface area contributed by atoms with Crippen LogP contribution in [-0.2, 0) is 15.1 Å². The summed E-state index contributed by atoms with van der Waals surface area (Å²) in [6.07, 6.45) is -0.361. The van der Waals surface area contributed by atoms with Crippen LogP contribution in [0.1, 0.15) is 19.4 Å². The third-order valence-corrected chi connectivity index (χ3v) is 3.35. The van der Waals surface area contributed by atoms with Crippen LogP contribution in [0.25, 0.3) is 0 Å². The lowest BCUT2D eigenvalue weighted by Crippen LogP contribution is -2.55. The predicted molar refractivity (Wildman–Crippen MR) is 65.1 cm³/mol. The van der Waals surface area contributed by atoms with Crippen molar-refractivity contribution in [2.75, 3.05) is 6.61 Å². The molecule has 0 saturated carbocycles. The van der Waals surface area contributed by atoms with Gasteiger partial charge >= 0.3 is 0 Å². The zero-order chi connectivity index (χ0) is 11.8. The first kappa shape index (κ1) is 11.6. The lowest BCUT2D eigenvalue weighted by atomic mass is 9.91. The molecule has 3 nitrogen and oxygen atoms in total. The minimum Gasteiger partial charge on any atom is -0.366 e. The van der Waals surface area contributed by atoms with Crippen LogP contribution in [0, 0.1) is 0 Å². The van der Waals surface area contributed by atoms with Crippen LogP contribution in [0.15, 0.2) is 28.7 Å². The van der Waals surface area contributed by atoms with Crippen molar-refractivity contribution in [2.45, 2.75) is 25.5 Å². The number of ether oxygens (including phenoxy) is 1. The number of halogens is 1. The molecule has 0 bridgehead atoms. The van der Waals surface area contributed by atoms with Crippen molar-refractivity contribution in [3.05, 3.63) is 34.3 Å². The number of hydrogen-bond acceptors (Lipinski definition) is 2. The molecule has 1 N–H and O–H groups in total. The van der Waals surface area contributed by atoms with Gasteiger partial charge in [-0.1, -0.05) is 28.1 Å². The smallest absolute Gasteiger partial charge is 0.249 e. The normalized spacial score (nSPS) is 29.9. The van der Waals surface area contributed by atoms with Gasteiger partial charge in [-0.15, -0.1) is 0 Å². The van der Waals surface area contributed by atoms with E-state index in [2.05, 4.69) is 21.2 Å². The summed E-state index contributed by atoms with van der Waals surface area (Å²) in [5.41, 5.74) is 0.607. The van der Waals surface area contributed by atoms with Crippen LogP contribution in [0.5, 0.6) is 0 Å². The first-order chi connectivity index (χ1) is 7.51. The number of carbonyl (C=O) groups excluding carboxylic acids is 1. The summed E-state index contributed by atoms with van der Waals surface area (Å²) in [7, 11) is 0. The molecule has 0 radical (unpaired) electrons. The molecular weight excluding hydrogens is 270 g/mol. The van der Waals surface area contributed by atoms with Crippen molar-refractivity contribution in [3.63, 3.8) is 0 Å². The predicted octanol–water partition coefficient (Wildman–Crippen LogP) is 2.20. The molecule has 0 aliphatic carbocycles. The zero-order valence-electron chi connectivity index (χ0n) is 9.29. The Morgan fingerprint density at radius 1 is 1.56 bits per heavy atom. The van der Waals surface area contributed by atoms with Crippen molar-refractivity contribution < 1.29 is 9.53 Å². The quantitative estimate of drug-likeness (QED) is 0.858. The first-order valence-corrected chi connectivity index (χ1v) is 6.00. The van der Waals surface area contributed by atoms with Gasteiger partial charge in [0.1, 0.15) is 6.10 Å². The van der Waals surface area contributed by atoms with Crippen molar-refractivity contribution in [2.24, 2.45) is 0 Å². The van der Waals surface area contributed by atoms with Crippen molar-refractivity contribution in [1.82, 2.24) is 5.32 Å². The second-order valence-corrected chi connectivity index (χ2v) is 5.20. The van der Waals surface area contributed by atoms with Crippen molar-refractivity contribution in [3.8, 4) is 0 Å². The second-order valence-electron chi connectivity index (χ2n) is 4.28. The van der Waals surface area contributed by atoms with Crippen LogP contribution >= 0.6 is 15.9 Å². The average Bonchev–Trinajstić information content (AvgIpc) is 2.24. The van der Waals surface area contributed by atoms with Gasteiger partial charge in [0.05, 0.1) is 12.1 Å². The van der Waals surface area contributed by atoms with Gasteiger partial charge in [0.15, 0.2) is 0 Å². The van der Waals surface area contributed by atoms with Gasteiger partial charge in [-0.05, 0) is 31.5 Å². The number of carbonyl (C=O) groups is 1. The van der Waals surface area contributed by atoms with Crippen molar-refractivity contribution >= 4 is 21.8 Å². The summed E-state index contributed by atoms with van der Waals surface area (Å²) in [6.45, 7) is 4.23. The number of hydrogen-bond donors (Lipinski definition) is 1. The van der Waals surface area contributed by atoms with E-state index >= 15 is 0 Å². The minimum absolute atomic E-state index is 0.0614. The fourth-order valence-electron chi connectivity index (χ4n) is 1.76. The molecule has 1 saturated heterocycles. The van der Waals surface area contributed by atoms with E-state index in [1.165, 1.54) is 0 Å². The van der Waals surface area contributed by atoms with E-state index in [-0.39, 0.29) is 12.0 Å². The lowest BCUT2D eigenvalue weighted by Gasteiger charge is -2.37. The number of rotatable bonds is 1. The molecule has 1 amide bonds. The summed E-state index contributed by atoms with van der Waals surface area (Å²) in [4.78, 5) is 11.6. The highest BCUT2D eigenvalue weighted by molar-refractivity contribution is 9.10. The molecule has 0 unspecified atom stereocenters. The SMILES string of the molecule is C[C@H]1OC[C@](C)(c2cccc(Br)c2)NC1=O. The van der Waals surface area contributed by atoms with Crippen LogP contribution in [0.2, 0.25) is 0 Å². The third-order valence-electron chi connectivity index (χ3n) is 2.85. The second kappa shape index (κ2) is 4.18. The maximum absolute atomic E-state index is 11.6. The summed E-state index contributed by atoms with van der Waals surface area (Å²) in [5, 5.41) is 3.00. The van der Waals surface area contributed by atoms with Gasteiger partial charge in [-0.3, -0.25) is 4.79 Å². The van der Waals surface area contributed by atoms with Crippen molar-refractivity contribution in [1.29, 1.82) is 0 Å². The van der Waals surface area contributed by atoms with E-state index in [1.54, 1.807) is 6.92 Å². The number of amides is 1. The highest BCUT2D eigenvalue weighted by atomic mass is 79.9. The van der Waals surface area contributed by atoms with E-state index < -0.39 is 5.54 Å². The Balaban J connectivity index is 2.29. The summed E-state index contributed by atoms with van der Waals surface area (Å²) in [6, 6.07) is 7.90. The van der Waals surface area contributed by atoms with E-state index in [0.717, 1.165) is 10.0 Å². The van der Waals surface area contributed by atoms with E-state index in [9.17, 15) is 4.79 Å². The summed E-state index contributed by atoms with van der Waals surface area (Å²) < 4.78 is 6.47. The topological polar surface area (TPSA) is 38.3 Å². The standard InChI is InChI=1S/C12H14BrNO2/c1-8-11(15)14-12(2,7-16-8)9-4-3-5-10(13)6-9/h3-6,8H,7H2,1-2H3,(H,14,15)/t8-,12-/m1/s1. The van der Waals surface area contributed by atoms with Crippen LogP contribution in [-0.4, -0.2) is 18.6 Å². The van der Waals surface area contributed by atoms with Crippen LogP contribution < -0.4 is 5.32 Å². The largest absolute Gasteiger partial charge is 0.366 e. The zero-order valence-corrected chi connectivity index (χ0v) is 10.9. The average molecular weight is 284 g/mol. The van der Waals surface area contributed by atoms with E-state index in [4.69, 9.17) is 4.74 Å². The summed E-state index contributed by atoms with van der Waals surface area (Å²) >= 11 is 3.43. The van der Waals surface area contributed by atoms with Crippen LogP contribution in [0.4, 0.5) is 0 Å². The highest BCUT2D eigenvalue weighted by Gasteiger charge is 2.36.